The topological polar surface area (TPSA) is 70.0 Å². The Hall–Kier alpha value is -0.593. The molecule has 6 heteroatoms. The molecule has 106 valence electrons. The van der Waals surface area contributed by atoms with Crippen LogP contribution < -0.4 is 0 Å². The Kier molecular flexibility index (Phi) is 4.45. The van der Waals surface area contributed by atoms with Gasteiger partial charge in [0.2, 0.25) is 0 Å². The summed E-state index contributed by atoms with van der Waals surface area (Å²) in [5.41, 5.74) is 0. The van der Waals surface area contributed by atoms with Crippen LogP contribution in [0.4, 0.5) is 4.79 Å². The fourth-order valence-electron chi connectivity index (χ4n) is 1.96. The van der Waals surface area contributed by atoms with Crippen molar-refractivity contribution in [1.82, 2.24) is 4.90 Å². The van der Waals surface area contributed by atoms with E-state index in [4.69, 9.17) is 9.53 Å². The maximum absolute atomic E-state index is 11.0. The third kappa shape index (κ3) is 3.24. The molecule has 0 radical (unpaired) electrons. The molecule has 1 aliphatic rings. The molecule has 2 atom stereocenters. The summed E-state index contributed by atoms with van der Waals surface area (Å²) in [5, 5.41) is 18.4. The highest BCUT2D eigenvalue weighted by Gasteiger charge is 2.43. The highest BCUT2D eigenvalue weighted by atomic mass is 28.4. The average molecular weight is 275 g/mol. The second kappa shape index (κ2) is 5.18. The summed E-state index contributed by atoms with van der Waals surface area (Å²) >= 11 is 0. The van der Waals surface area contributed by atoms with Crippen LogP contribution in [0, 0.1) is 0 Å². The lowest BCUT2D eigenvalue weighted by molar-refractivity contribution is 0.116. The van der Waals surface area contributed by atoms with Gasteiger partial charge in [0, 0.05) is 6.54 Å². The molecule has 0 unspecified atom stereocenters. The van der Waals surface area contributed by atoms with Crippen molar-refractivity contribution in [2.45, 2.75) is 57.5 Å². The highest BCUT2D eigenvalue weighted by Crippen LogP contribution is 2.38. The van der Waals surface area contributed by atoms with E-state index in [-0.39, 0.29) is 23.8 Å². The van der Waals surface area contributed by atoms with E-state index in [1.807, 2.05) is 0 Å². The van der Waals surface area contributed by atoms with Crippen molar-refractivity contribution in [3.63, 3.8) is 0 Å². The van der Waals surface area contributed by atoms with Crippen LogP contribution >= 0.6 is 0 Å². The summed E-state index contributed by atoms with van der Waals surface area (Å²) in [7, 11) is -1.88. The van der Waals surface area contributed by atoms with Gasteiger partial charge in [-0.25, -0.2) is 4.79 Å². The number of likely N-dealkylation sites (tertiary alicyclic amines) is 1. The molecule has 2 N–H and O–H groups in total. The molecular formula is C12H25NO4Si. The predicted molar refractivity (Wildman–Crippen MR) is 72.3 cm³/mol. The number of hydrogen-bond acceptors (Lipinski definition) is 3. The van der Waals surface area contributed by atoms with Gasteiger partial charge in [-0.3, -0.25) is 0 Å². The van der Waals surface area contributed by atoms with Crippen LogP contribution in [0.3, 0.4) is 0 Å². The van der Waals surface area contributed by atoms with E-state index in [9.17, 15) is 9.90 Å². The van der Waals surface area contributed by atoms with Gasteiger partial charge in [0.05, 0.1) is 18.8 Å². The van der Waals surface area contributed by atoms with E-state index in [0.717, 1.165) is 0 Å². The Balaban J connectivity index is 2.69. The number of hydrogen-bond donors (Lipinski definition) is 2. The van der Waals surface area contributed by atoms with Gasteiger partial charge in [-0.15, -0.1) is 0 Å². The predicted octanol–water partition coefficient (Wildman–Crippen LogP) is 2.12. The summed E-state index contributed by atoms with van der Waals surface area (Å²) in [6, 6.07) is -0.322. The SMILES string of the molecule is CC(C)(C)[Si](C)(C)O[C@H]1C[C@H](CO)N(C(=O)O)C1. The molecule has 0 aromatic carbocycles. The summed E-state index contributed by atoms with van der Waals surface area (Å²) in [5.74, 6) is 0. The van der Waals surface area contributed by atoms with Crippen molar-refractivity contribution in [3.05, 3.63) is 0 Å². The van der Waals surface area contributed by atoms with Crippen LogP contribution in [0.25, 0.3) is 0 Å². The molecule has 0 bridgehead atoms. The maximum Gasteiger partial charge on any atom is 0.407 e. The van der Waals surface area contributed by atoms with Crippen LogP contribution in [0.15, 0.2) is 0 Å². The molecule has 1 rings (SSSR count). The zero-order valence-electron chi connectivity index (χ0n) is 11.9. The Morgan fingerprint density at radius 1 is 1.44 bits per heavy atom. The van der Waals surface area contributed by atoms with E-state index in [1.165, 1.54) is 4.90 Å². The first-order valence-electron chi connectivity index (χ1n) is 6.36. The summed E-state index contributed by atoms with van der Waals surface area (Å²) in [4.78, 5) is 12.3. The lowest BCUT2D eigenvalue weighted by Gasteiger charge is -2.38. The van der Waals surface area contributed by atoms with Crippen molar-refractivity contribution < 1.29 is 19.4 Å². The number of carbonyl (C=O) groups is 1. The molecule has 18 heavy (non-hydrogen) atoms. The zero-order chi connectivity index (χ0) is 14.1. The van der Waals surface area contributed by atoms with Gasteiger partial charge >= 0.3 is 6.09 Å². The summed E-state index contributed by atoms with van der Waals surface area (Å²) in [6.45, 7) is 11.0. The fraction of sp³-hybridized carbons (Fsp3) is 0.917. The Morgan fingerprint density at radius 3 is 2.33 bits per heavy atom. The fourth-order valence-corrected chi connectivity index (χ4v) is 3.32. The van der Waals surface area contributed by atoms with Crippen LogP contribution in [0.5, 0.6) is 0 Å². The number of aliphatic hydroxyl groups excluding tert-OH is 1. The number of carboxylic acid groups (broad SMARTS) is 1. The lowest BCUT2D eigenvalue weighted by atomic mass is 10.2. The lowest BCUT2D eigenvalue weighted by Crippen LogP contribution is -2.44. The highest BCUT2D eigenvalue weighted by molar-refractivity contribution is 6.74. The number of amides is 1. The zero-order valence-corrected chi connectivity index (χ0v) is 12.9. The van der Waals surface area contributed by atoms with Gasteiger partial charge in [0.25, 0.3) is 0 Å². The monoisotopic (exact) mass is 275 g/mol. The number of aliphatic hydroxyl groups is 1. The number of rotatable bonds is 3. The van der Waals surface area contributed by atoms with E-state index < -0.39 is 14.4 Å². The molecule has 0 aromatic rings. The molecule has 0 aromatic heterocycles. The molecular weight excluding hydrogens is 250 g/mol. The first-order valence-corrected chi connectivity index (χ1v) is 9.27. The normalized spacial score (nSPS) is 25.6. The van der Waals surface area contributed by atoms with Gasteiger partial charge in [-0.1, -0.05) is 20.8 Å². The summed E-state index contributed by atoms with van der Waals surface area (Å²) < 4.78 is 6.20. The molecule has 5 nitrogen and oxygen atoms in total. The first kappa shape index (κ1) is 15.5. The third-order valence-corrected chi connectivity index (χ3v) is 8.63. The average Bonchev–Trinajstić information content (AvgIpc) is 2.58. The van der Waals surface area contributed by atoms with Crippen LogP contribution in [0.2, 0.25) is 18.1 Å². The van der Waals surface area contributed by atoms with Gasteiger partial charge in [-0.05, 0) is 24.6 Å². The Morgan fingerprint density at radius 2 is 2.00 bits per heavy atom. The van der Waals surface area contributed by atoms with Gasteiger partial charge in [-0.2, -0.15) is 0 Å². The smallest absolute Gasteiger partial charge is 0.407 e. The largest absolute Gasteiger partial charge is 0.465 e. The second-order valence-corrected chi connectivity index (χ2v) is 11.3. The van der Waals surface area contributed by atoms with Gasteiger partial charge < -0.3 is 19.5 Å². The van der Waals surface area contributed by atoms with E-state index in [1.54, 1.807) is 0 Å². The molecule has 0 saturated carbocycles. The molecule has 0 spiro atoms. The second-order valence-electron chi connectivity index (χ2n) is 6.51. The van der Waals surface area contributed by atoms with Crippen molar-refractivity contribution in [2.24, 2.45) is 0 Å². The Bertz CT molecular complexity index is 314. The van der Waals surface area contributed by atoms with E-state index in [2.05, 4.69) is 33.9 Å². The Labute approximate surface area is 110 Å². The van der Waals surface area contributed by atoms with Gasteiger partial charge in [0.1, 0.15) is 0 Å². The van der Waals surface area contributed by atoms with Crippen LogP contribution in [-0.2, 0) is 4.43 Å². The minimum Gasteiger partial charge on any atom is -0.465 e. The van der Waals surface area contributed by atoms with Crippen molar-refractivity contribution in [1.29, 1.82) is 0 Å². The van der Waals surface area contributed by atoms with Crippen LogP contribution in [-0.4, -0.2) is 54.8 Å². The minimum atomic E-state index is -1.88. The molecule has 1 amide bonds. The van der Waals surface area contributed by atoms with Gasteiger partial charge in [0.15, 0.2) is 8.32 Å². The quantitative estimate of drug-likeness (QED) is 0.774. The minimum absolute atomic E-state index is 0.0841. The number of nitrogens with zero attached hydrogens (tertiary/aromatic N) is 1. The summed E-state index contributed by atoms with van der Waals surface area (Å²) in [6.07, 6.45) is -0.468. The van der Waals surface area contributed by atoms with E-state index >= 15 is 0 Å². The maximum atomic E-state index is 11.0. The molecule has 0 aliphatic carbocycles. The van der Waals surface area contributed by atoms with Crippen molar-refractivity contribution >= 4 is 14.4 Å². The standard InChI is InChI=1S/C12H25NO4Si/c1-12(2,3)18(4,5)17-10-6-9(8-14)13(7-10)11(15)16/h9-10,14H,6-8H2,1-5H3,(H,15,16)/t9-,10+/m1/s1. The first-order chi connectivity index (χ1) is 8.08. The molecule has 1 saturated heterocycles. The molecule has 1 fully saturated rings. The van der Waals surface area contributed by atoms with Crippen LogP contribution in [0.1, 0.15) is 27.2 Å². The molecule has 1 aliphatic heterocycles. The molecule has 1 heterocycles. The third-order valence-electron chi connectivity index (χ3n) is 4.10. The van der Waals surface area contributed by atoms with Crippen molar-refractivity contribution in [3.8, 4) is 0 Å². The van der Waals surface area contributed by atoms with Crippen molar-refractivity contribution in [2.75, 3.05) is 13.2 Å². The van der Waals surface area contributed by atoms with E-state index in [0.29, 0.717) is 13.0 Å².